The van der Waals surface area contributed by atoms with Crippen molar-refractivity contribution in [2.45, 2.75) is 13.0 Å². The van der Waals surface area contributed by atoms with Gasteiger partial charge in [0, 0.05) is 0 Å². The van der Waals surface area contributed by atoms with Crippen LogP contribution in [0.25, 0.3) is 0 Å². The Kier molecular flexibility index (Phi) is 3.38. The van der Waals surface area contributed by atoms with E-state index in [1.54, 1.807) is 19.1 Å². The van der Waals surface area contributed by atoms with E-state index in [1.807, 2.05) is 12.1 Å². The van der Waals surface area contributed by atoms with Crippen molar-refractivity contribution in [2.75, 3.05) is 6.61 Å². The Hall–Kier alpha value is -0.730. The first-order valence-corrected chi connectivity index (χ1v) is 4.13. The number of hydrogen-bond donors (Lipinski definition) is 1. The van der Waals surface area contributed by atoms with Crippen LogP contribution in [0.15, 0.2) is 24.3 Å². The second-order valence-corrected chi connectivity index (χ2v) is 3.00. The van der Waals surface area contributed by atoms with Gasteiger partial charge in [0.25, 0.3) is 0 Å². The van der Waals surface area contributed by atoms with Gasteiger partial charge in [0.1, 0.15) is 12.4 Å². The van der Waals surface area contributed by atoms with Crippen molar-refractivity contribution in [1.82, 2.24) is 0 Å². The predicted molar refractivity (Wildman–Crippen MR) is 48.6 cm³/mol. The number of rotatable bonds is 3. The third-order valence-electron chi connectivity index (χ3n) is 1.32. The third-order valence-corrected chi connectivity index (χ3v) is 1.63. The van der Waals surface area contributed by atoms with Crippen molar-refractivity contribution < 1.29 is 9.84 Å². The minimum Gasteiger partial charge on any atom is -0.489 e. The van der Waals surface area contributed by atoms with Crippen LogP contribution in [0, 0.1) is 0 Å². The minimum atomic E-state index is -0.471. The van der Waals surface area contributed by atoms with Crippen LogP contribution in [-0.4, -0.2) is 17.8 Å². The molecule has 0 unspecified atom stereocenters. The van der Waals surface area contributed by atoms with E-state index in [1.165, 1.54) is 0 Å². The zero-order valence-corrected chi connectivity index (χ0v) is 7.58. The van der Waals surface area contributed by atoms with Crippen LogP contribution < -0.4 is 4.74 Å². The maximum Gasteiger partial charge on any atom is 0.138 e. The van der Waals surface area contributed by atoms with Gasteiger partial charge in [-0.3, -0.25) is 0 Å². The molecule has 1 rings (SSSR count). The smallest absolute Gasteiger partial charge is 0.138 e. The summed E-state index contributed by atoms with van der Waals surface area (Å²) >= 11 is 5.80. The summed E-state index contributed by atoms with van der Waals surface area (Å²) < 4.78 is 5.22. The largest absolute Gasteiger partial charge is 0.489 e. The SMILES string of the molecule is C[C@@H](O)COc1ccccc1Cl. The fraction of sp³-hybridized carbons (Fsp3) is 0.333. The molecule has 0 aliphatic rings. The van der Waals surface area contributed by atoms with Crippen molar-refractivity contribution in [1.29, 1.82) is 0 Å². The molecule has 12 heavy (non-hydrogen) atoms. The van der Waals surface area contributed by atoms with E-state index >= 15 is 0 Å². The summed E-state index contributed by atoms with van der Waals surface area (Å²) in [5.74, 6) is 0.611. The third kappa shape index (κ3) is 2.72. The quantitative estimate of drug-likeness (QED) is 0.784. The number of aliphatic hydroxyl groups is 1. The molecule has 0 heterocycles. The Labute approximate surface area is 76.7 Å². The standard InChI is InChI=1S/C9H11ClO2/c1-7(11)6-12-9-5-3-2-4-8(9)10/h2-5,7,11H,6H2,1H3/t7-/m1/s1. The topological polar surface area (TPSA) is 29.5 Å². The summed E-state index contributed by atoms with van der Waals surface area (Å²) in [5, 5.41) is 9.50. The van der Waals surface area contributed by atoms with E-state index in [-0.39, 0.29) is 6.61 Å². The normalized spacial score (nSPS) is 12.6. The van der Waals surface area contributed by atoms with Gasteiger partial charge >= 0.3 is 0 Å². The Balaban J connectivity index is 2.57. The summed E-state index contributed by atoms with van der Waals surface area (Å²) in [6.45, 7) is 1.93. The summed E-state index contributed by atoms with van der Waals surface area (Å²) in [5.41, 5.74) is 0. The summed E-state index contributed by atoms with van der Waals surface area (Å²) in [7, 11) is 0. The van der Waals surface area contributed by atoms with Crippen LogP contribution >= 0.6 is 11.6 Å². The van der Waals surface area contributed by atoms with Crippen LogP contribution in [0.2, 0.25) is 5.02 Å². The second-order valence-electron chi connectivity index (χ2n) is 2.59. The van der Waals surface area contributed by atoms with Gasteiger partial charge in [0.2, 0.25) is 0 Å². The summed E-state index contributed by atoms with van der Waals surface area (Å²) in [6, 6.07) is 7.18. The zero-order valence-electron chi connectivity index (χ0n) is 6.83. The van der Waals surface area contributed by atoms with Crippen LogP contribution in [0.4, 0.5) is 0 Å². The zero-order chi connectivity index (χ0) is 8.97. The van der Waals surface area contributed by atoms with Gasteiger partial charge in [-0.1, -0.05) is 23.7 Å². The maximum absolute atomic E-state index is 8.94. The molecule has 0 aromatic heterocycles. The first kappa shape index (κ1) is 9.36. The van der Waals surface area contributed by atoms with E-state index in [4.69, 9.17) is 21.4 Å². The molecule has 0 amide bonds. The average Bonchev–Trinajstić information content (AvgIpc) is 2.03. The maximum atomic E-state index is 8.94. The molecular weight excluding hydrogens is 176 g/mol. The van der Waals surface area contributed by atoms with Crippen LogP contribution in [0.1, 0.15) is 6.92 Å². The number of benzene rings is 1. The molecule has 0 spiro atoms. The molecule has 66 valence electrons. The highest BCUT2D eigenvalue weighted by Crippen LogP contribution is 2.22. The highest BCUT2D eigenvalue weighted by Gasteiger charge is 2.00. The van der Waals surface area contributed by atoms with Crippen molar-refractivity contribution in [3.8, 4) is 5.75 Å². The van der Waals surface area contributed by atoms with Gasteiger partial charge in [-0.15, -0.1) is 0 Å². The van der Waals surface area contributed by atoms with E-state index in [0.717, 1.165) is 0 Å². The molecule has 0 fully saturated rings. The number of para-hydroxylation sites is 1. The van der Waals surface area contributed by atoms with Crippen molar-refractivity contribution >= 4 is 11.6 Å². The van der Waals surface area contributed by atoms with Crippen LogP contribution in [0.5, 0.6) is 5.75 Å². The number of halogens is 1. The van der Waals surface area contributed by atoms with E-state index < -0.39 is 6.10 Å². The molecule has 0 saturated heterocycles. The minimum absolute atomic E-state index is 0.268. The molecule has 2 nitrogen and oxygen atoms in total. The molecule has 0 saturated carbocycles. The number of hydrogen-bond acceptors (Lipinski definition) is 2. The van der Waals surface area contributed by atoms with Gasteiger partial charge in [-0.2, -0.15) is 0 Å². The van der Waals surface area contributed by atoms with Gasteiger partial charge in [0.05, 0.1) is 11.1 Å². The molecule has 1 aromatic carbocycles. The summed E-state index contributed by atoms with van der Waals surface area (Å²) in [6.07, 6.45) is -0.471. The van der Waals surface area contributed by atoms with E-state index in [9.17, 15) is 0 Å². The lowest BCUT2D eigenvalue weighted by Crippen LogP contribution is -2.12. The second kappa shape index (κ2) is 4.33. The molecule has 0 aliphatic carbocycles. The molecule has 0 radical (unpaired) electrons. The highest BCUT2D eigenvalue weighted by atomic mass is 35.5. The van der Waals surface area contributed by atoms with Crippen molar-refractivity contribution in [2.24, 2.45) is 0 Å². The van der Waals surface area contributed by atoms with E-state index in [2.05, 4.69) is 0 Å². The van der Waals surface area contributed by atoms with Crippen molar-refractivity contribution in [3.63, 3.8) is 0 Å². The first-order chi connectivity index (χ1) is 5.70. The molecular formula is C9H11ClO2. The number of ether oxygens (including phenoxy) is 1. The van der Waals surface area contributed by atoms with Gasteiger partial charge in [-0.25, -0.2) is 0 Å². The first-order valence-electron chi connectivity index (χ1n) is 3.75. The Morgan fingerprint density at radius 3 is 2.75 bits per heavy atom. The fourth-order valence-corrected chi connectivity index (χ4v) is 0.962. The Bertz CT molecular complexity index is 248. The fourth-order valence-electron chi connectivity index (χ4n) is 0.772. The molecule has 1 aromatic rings. The van der Waals surface area contributed by atoms with Crippen LogP contribution in [-0.2, 0) is 0 Å². The molecule has 3 heteroatoms. The monoisotopic (exact) mass is 186 g/mol. The average molecular weight is 187 g/mol. The van der Waals surface area contributed by atoms with Crippen molar-refractivity contribution in [3.05, 3.63) is 29.3 Å². The Morgan fingerprint density at radius 2 is 2.17 bits per heavy atom. The van der Waals surface area contributed by atoms with Gasteiger partial charge < -0.3 is 9.84 Å². The molecule has 0 bridgehead atoms. The summed E-state index contributed by atoms with van der Waals surface area (Å²) in [4.78, 5) is 0. The van der Waals surface area contributed by atoms with E-state index in [0.29, 0.717) is 10.8 Å². The van der Waals surface area contributed by atoms with Gasteiger partial charge in [0.15, 0.2) is 0 Å². The Morgan fingerprint density at radius 1 is 1.50 bits per heavy atom. The predicted octanol–water partition coefficient (Wildman–Crippen LogP) is 2.10. The lowest BCUT2D eigenvalue weighted by molar-refractivity contribution is 0.123. The highest BCUT2D eigenvalue weighted by molar-refractivity contribution is 6.32. The van der Waals surface area contributed by atoms with Crippen LogP contribution in [0.3, 0.4) is 0 Å². The molecule has 1 N–H and O–H groups in total. The molecule has 1 atom stereocenters. The molecule has 0 aliphatic heterocycles. The van der Waals surface area contributed by atoms with Gasteiger partial charge in [-0.05, 0) is 19.1 Å². The lowest BCUT2D eigenvalue weighted by Gasteiger charge is -2.08. The number of aliphatic hydroxyl groups excluding tert-OH is 1. The lowest BCUT2D eigenvalue weighted by atomic mass is 10.3.